The molecule has 9 nitrogen and oxygen atoms in total. The molecule has 1 N–H and O–H groups in total. The Hall–Kier alpha value is -3.66. The van der Waals surface area contributed by atoms with Crippen LogP contribution in [0, 0.1) is 5.82 Å². The van der Waals surface area contributed by atoms with Crippen LogP contribution in [-0.4, -0.2) is 77.9 Å². The Labute approximate surface area is 248 Å². The second kappa shape index (κ2) is 15.5. The fraction of sp³-hybridized carbons (Fsp3) is 0.531. The number of amides is 3. The summed E-state index contributed by atoms with van der Waals surface area (Å²) in [6, 6.07) is 14.3. The molecule has 0 radical (unpaired) electrons. The summed E-state index contributed by atoms with van der Waals surface area (Å²) < 4.78 is 30.2. The predicted octanol–water partition coefficient (Wildman–Crippen LogP) is 5.32. The van der Waals surface area contributed by atoms with E-state index in [-0.39, 0.29) is 30.9 Å². The molecule has 0 spiro atoms. The maximum Gasteiger partial charge on any atom is 0.410 e. The number of rotatable bonds is 12. The van der Waals surface area contributed by atoms with Gasteiger partial charge in [0.25, 0.3) is 0 Å². The highest BCUT2D eigenvalue weighted by molar-refractivity contribution is 5.87. The molecule has 1 aliphatic heterocycles. The van der Waals surface area contributed by atoms with Gasteiger partial charge in [-0.05, 0) is 77.1 Å². The fourth-order valence-corrected chi connectivity index (χ4v) is 4.91. The zero-order chi connectivity index (χ0) is 30.7. The molecule has 42 heavy (non-hydrogen) atoms. The molecule has 0 unspecified atom stereocenters. The van der Waals surface area contributed by atoms with Crippen LogP contribution in [0.15, 0.2) is 54.6 Å². The van der Waals surface area contributed by atoms with Crippen LogP contribution in [0.5, 0.6) is 0 Å². The largest absolute Gasteiger partial charge is 0.445 e. The lowest BCUT2D eigenvalue weighted by Crippen LogP contribution is -2.57. The molecular weight excluding hydrogens is 541 g/mol. The maximum absolute atomic E-state index is 13.9. The van der Waals surface area contributed by atoms with Crippen LogP contribution in [0.25, 0.3) is 0 Å². The number of likely N-dealkylation sites (tertiary alicyclic amines) is 1. The first-order chi connectivity index (χ1) is 20.0. The molecule has 3 rings (SSSR count). The number of benzene rings is 2. The second-order valence-electron chi connectivity index (χ2n) is 11.5. The monoisotopic (exact) mass is 585 g/mol. The van der Waals surface area contributed by atoms with Crippen molar-refractivity contribution < 1.29 is 33.0 Å². The van der Waals surface area contributed by atoms with E-state index in [4.69, 9.17) is 14.2 Å². The Balaban J connectivity index is 1.75. The summed E-state index contributed by atoms with van der Waals surface area (Å²) >= 11 is 0. The maximum atomic E-state index is 13.9. The molecule has 0 aliphatic carbocycles. The highest BCUT2D eigenvalue weighted by atomic mass is 19.1. The van der Waals surface area contributed by atoms with Gasteiger partial charge in [0.2, 0.25) is 5.91 Å². The number of carbonyl (C=O) groups excluding carboxylic acids is 3. The molecule has 1 heterocycles. The van der Waals surface area contributed by atoms with Crippen LogP contribution in [0.3, 0.4) is 0 Å². The second-order valence-corrected chi connectivity index (χ2v) is 11.5. The van der Waals surface area contributed by atoms with Crippen molar-refractivity contribution in [3.63, 3.8) is 0 Å². The van der Waals surface area contributed by atoms with E-state index in [0.717, 1.165) is 17.5 Å². The Morgan fingerprint density at radius 2 is 1.76 bits per heavy atom. The van der Waals surface area contributed by atoms with Gasteiger partial charge in [-0.2, -0.15) is 0 Å². The zero-order valence-electron chi connectivity index (χ0n) is 25.3. The van der Waals surface area contributed by atoms with E-state index in [1.54, 1.807) is 49.6 Å². The van der Waals surface area contributed by atoms with Gasteiger partial charge < -0.3 is 29.3 Å². The lowest BCUT2D eigenvalue weighted by molar-refractivity contribution is -0.138. The first kappa shape index (κ1) is 32.8. The molecule has 2 aromatic carbocycles. The smallest absolute Gasteiger partial charge is 0.410 e. The molecule has 0 aromatic heterocycles. The van der Waals surface area contributed by atoms with Crippen molar-refractivity contribution in [3.05, 3.63) is 71.5 Å². The summed E-state index contributed by atoms with van der Waals surface area (Å²) in [5, 5.41) is 2.71. The van der Waals surface area contributed by atoms with Crippen LogP contribution >= 0.6 is 0 Å². The van der Waals surface area contributed by atoms with E-state index in [1.165, 1.54) is 12.1 Å². The Morgan fingerprint density at radius 3 is 2.40 bits per heavy atom. The van der Waals surface area contributed by atoms with Gasteiger partial charge >= 0.3 is 12.2 Å². The van der Waals surface area contributed by atoms with Gasteiger partial charge in [-0.1, -0.05) is 42.5 Å². The summed E-state index contributed by atoms with van der Waals surface area (Å²) in [6.45, 7) is 10.4. The van der Waals surface area contributed by atoms with Crippen LogP contribution in [0.4, 0.5) is 14.0 Å². The van der Waals surface area contributed by atoms with Crippen molar-refractivity contribution in [2.24, 2.45) is 0 Å². The average molecular weight is 586 g/mol. The molecule has 2 aromatic rings. The summed E-state index contributed by atoms with van der Waals surface area (Å²) in [5.41, 5.74) is 1.01. The minimum absolute atomic E-state index is 0.119. The van der Waals surface area contributed by atoms with E-state index >= 15 is 0 Å². The normalized spacial score (nSPS) is 16.4. The Kier molecular flexibility index (Phi) is 12.2. The number of alkyl carbamates (subject to hydrolysis) is 1. The lowest BCUT2D eigenvalue weighted by atomic mass is 10.1. The third-order valence-electron chi connectivity index (χ3n) is 6.98. The number of ether oxygens (including phenoxy) is 3. The first-order valence-electron chi connectivity index (χ1n) is 14.6. The van der Waals surface area contributed by atoms with Gasteiger partial charge in [0.15, 0.2) is 0 Å². The van der Waals surface area contributed by atoms with Crippen molar-refractivity contribution >= 4 is 18.1 Å². The van der Waals surface area contributed by atoms with Gasteiger partial charge in [0.05, 0.1) is 6.10 Å². The van der Waals surface area contributed by atoms with E-state index in [2.05, 4.69) is 5.32 Å². The zero-order valence-corrected chi connectivity index (χ0v) is 25.3. The van der Waals surface area contributed by atoms with Gasteiger partial charge in [0, 0.05) is 32.3 Å². The van der Waals surface area contributed by atoms with Crippen molar-refractivity contribution in [3.8, 4) is 0 Å². The molecule has 1 aliphatic rings. The van der Waals surface area contributed by atoms with E-state index in [0.29, 0.717) is 32.5 Å². The van der Waals surface area contributed by atoms with Crippen molar-refractivity contribution in [1.82, 2.24) is 15.1 Å². The van der Waals surface area contributed by atoms with Gasteiger partial charge in [-0.15, -0.1) is 0 Å². The van der Waals surface area contributed by atoms with E-state index in [1.807, 2.05) is 37.3 Å². The first-order valence-corrected chi connectivity index (χ1v) is 14.6. The lowest BCUT2D eigenvalue weighted by Gasteiger charge is -2.34. The summed E-state index contributed by atoms with van der Waals surface area (Å²) in [5.74, 6) is -0.616. The Morgan fingerprint density at radius 1 is 1.07 bits per heavy atom. The average Bonchev–Trinajstić information content (AvgIpc) is 3.41. The molecule has 3 atom stereocenters. The minimum atomic E-state index is -0.960. The van der Waals surface area contributed by atoms with Crippen LogP contribution in [0.1, 0.15) is 58.6 Å². The number of hydrogen-bond donors (Lipinski definition) is 1. The summed E-state index contributed by atoms with van der Waals surface area (Å²) in [6.07, 6.45) is 0.142. The van der Waals surface area contributed by atoms with Crippen LogP contribution < -0.4 is 5.32 Å². The molecule has 1 fully saturated rings. The topological polar surface area (TPSA) is 97.4 Å². The van der Waals surface area contributed by atoms with Crippen LogP contribution in [-0.2, 0) is 32.0 Å². The van der Waals surface area contributed by atoms with E-state index < -0.39 is 29.9 Å². The number of halogens is 1. The van der Waals surface area contributed by atoms with Crippen molar-refractivity contribution in [2.45, 2.75) is 84.3 Å². The van der Waals surface area contributed by atoms with Crippen molar-refractivity contribution in [1.29, 1.82) is 0 Å². The fourth-order valence-electron chi connectivity index (χ4n) is 4.91. The summed E-state index contributed by atoms with van der Waals surface area (Å²) in [4.78, 5) is 43.1. The number of hydrogen-bond acceptors (Lipinski definition) is 6. The van der Waals surface area contributed by atoms with Gasteiger partial charge in [-0.3, -0.25) is 4.79 Å². The summed E-state index contributed by atoms with van der Waals surface area (Å²) in [7, 11) is 0. The molecular formula is C32H44FN3O6. The van der Waals surface area contributed by atoms with Crippen LogP contribution in [0.2, 0.25) is 0 Å². The minimum Gasteiger partial charge on any atom is -0.445 e. The third kappa shape index (κ3) is 10.3. The third-order valence-corrected chi connectivity index (χ3v) is 6.98. The molecule has 0 saturated carbocycles. The van der Waals surface area contributed by atoms with Crippen molar-refractivity contribution in [2.75, 3.05) is 26.2 Å². The highest BCUT2D eigenvalue weighted by Crippen LogP contribution is 2.22. The number of nitrogens with zero attached hydrogens (tertiary/aromatic N) is 2. The quantitative estimate of drug-likeness (QED) is 0.362. The number of nitrogens with one attached hydrogen (secondary N) is 1. The predicted molar refractivity (Wildman–Crippen MR) is 157 cm³/mol. The molecule has 230 valence electrons. The Bertz CT molecular complexity index is 1160. The van der Waals surface area contributed by atoms with Gasteiger partial charge in [-0.25, -0.2) is 14.0 Å². The molecule has 1 saturated heterocycles. The standard InChI is InChI=1S/C32H44FN3O6/c1-6-40-23(2)28(34-30(38)42-32(3,4)5)29(37)36-19-10-13-27(36)21-35(20-18-24-14-16-26(33)17-15-24)31(39)41-22-25-11-8-7-9-12-25/h7-9,11-12,14-17,23,27-28H,6,10,13,18-22H2,1-5H3,(H,34,38)/t23-,27+,28+/m1/s1. The molecule has 0 bridgehead atoms. The van der Waals surface area contributed by atoms with Gasteiger partial charge in [0.1, 0.15) is 24.1 Å². The molecule has 3 amide bonds. The highest BCUT2D eigenvalue weighted by Gasteiger charge is 2.39. The SMILES string of the molecule is CCO[C@H](C)[C@H](NC(=O)OC(C)(C)C)C(=O)N1CCC[C@H]1CN(CCc1ccc(F)cc1)C(=O)OCc1ccccc1. The van der Waals surface area contributed by atoms with E-state index in [9.17, 15) is 18.8 Å². The molecule has 10 heteroatoms. The number of carbonyl (C=O) groups is 3.